The highest BCUT2D eigenvalue weighted by molar-refractivity contribution is 7.07. The number of fused-ring (bicyclic) bond motifs is 4. The summed E-state index contributed by atoms with van der Waals surface area (Å²) in [5.41, 5.74) is 1.96. The molecule has 0 unspecified atom stereocenters. The molecule has 5 rings (SSSR count). The number of amides is 1. The Labute approximate surface area is 172 Å². The fourth-order valence-electron chi connectivity index (χ4n) is 4.80. The first-order valence-corrected chi connectivity index (χ1v) is 10.9. The number of carbonyl (C=O) groups excluding carboxylic acids is 1. The van der Waals surface area contributed by atoms with Crippen LogP contribution >= 0.6 is 11.3 Å². The first kappa shape index (κ1) is 18.4. The van der Waals surface area contributed by atoms with Gasteiger partial charge in [-0.1, -0.05) is 6.07 Å². The number of rotatable bonds is 5. The summed E-state index contributed by atoms with van der Waals surface area (Å²) in [7, 11) is 0. The maximum atomic E-state index is 13.2. The van der Waals surface area contributed by atoms with Crippen LogP contribution in [0.4, 0.5) is 0 Å². The molecule has 3 atom stereocenters. The molecule has 2 bridgehead atoms. The van der Waals surface area contributed by atoms with Crippen LogP contribution in [0.25, 0.3) is 0 Å². The van der Waals surface area contributed by atoms with Crippen molar-refractivity contribution in [3.63, 3.8) is 0 Å². The number of carbonyl (C=O) groups is 1. The SMILES string of the molecule is O=C(NCc1ccsc1)[C@H]1[C@H]2C[C@H](CN(Cc3ccco3)C2)c2cccc(=O)n21. The number of pyridine rings is 1. The second kappa shape index (κ2) is 7.65. The molecule has 6 nitrogen and oxygen atoms in total. The lowest BCUT2D eigenvalue weighted by Crippen LogP contribution is -2.53. The highest BCUT2D eigenvalue weighted by Gasteiger charge is 2.43. The highest BCUT2D eigenvalue weighted by atomic mass is 32.1. The molecular weight excluding hydrogens is 386 g/mol. The zero-order chi connectivity index (χ0) is 19.8. The van der Waals surface area contributed by atoms with Gasteiger partial charge in [-0.15, -0.1) is 0 Å². The Hall–Kier alpha value is -2.64. The Morgan fingerprint density at radius 3 is 2.93 bits per heavy atom. The van der Waals surface area contributed by atoms with E-state index in [4.69, 9.17) is 4.42 Å². The van der Waals surface area contributed by atoms with E-state index >= 15 is 0 Å². The van der Waals surface area contributed by atoms with Crippen LogP contribution in [-0.4, -0.2) is 28.5 Å². The van der Waals surface area contributed by atoms with Crippen molar-refractivity contribution >= 4 is 17.2 Å². The van der Waals surface area contributed by atoms with Crippen LogP contribution in [0.1, 0.15) is 35.4 Å². The van der Waals surface area contributed by atoms with E-state index in [1.807, 2.05) is 35.0 Å². The zero-order valence-electron chi connectivity index (χ0n) is 16.0. The molecule has 1 amide bonds. The summed E-state index contributed by atoms with van der Waals surface area (Å²) in [5, 5.41) is 7.09. The van der Waals surface area contributed by atoms with Gasteiger partial charge in [0.15, 0.2) is 0 Å². The Kier molecular flexibility index (Phi) is 4.85. The molecule has 2 aliphatic heterocycles. The van der Waals surface area contributed by atoms with Gasteiger partial charge in [-0.05, 0) is 47.0 Å². The van der Waals surface area contributed by atoms with Crippen LogP contribution in [-0.2, 0) is 17.9 Å². The molecule has 1 N–H and O–H groups in total. The third-order valence-electron chi connectivity index (χ3n) is 6.00. The number of nitrogens with one attached hydrogen (secondary N) is 1. The number of piperidine rings is 1. The van der Waals surface area contributed by atoms with E-state index in [9.17, 15) is 9.59 Å². The van der Waals surface area contributed by atoms with Gasteiger partial charge in [-0.3, -0.25) is 19.1 Å². The van der Waals surface area contributed by atoms with E-state index in [1.54, 1.807) is 34.3 Å². The number of likely N-dealkylation sites (tertiary alicyclic amines) is 1. The van der Waals surface area contributed by atoms with Gasteiger partial charge in [0, 0.05) is 43.2 Å². The van der Waals surface area contributed by atoms with Gasteiger partial charge in [0.05, 0.1) is 12.8 Å². The lowest BCUT2D eigenvalue weighted by atomic mass is 9.78. The first-order chi connectivity index (χ1) is 14.2. The minimum atomic E-state index is -0.479. The van der Waals surface area contributed by atoms with E-state index in [1.165, 1.54) is 0 Å². The molecule has 3 aromatic heterocycles. The maximum absolute atomic E-state index is 13.2. The second-order valence-corrected chi connectivity index (χ2v) is 8.70. The summed E-state index contributed by atoms with van der Waals surface area (Å²) in [6.45, 7) is 2.85. The summed E-state index contributed by atoms with van der Waals surface area (Å²) in [6.07, 6.45) is 2.62. The molecule has 150 valence electrons. The monoisotopic (exact) mass is 409 g/mol. The average Bonchev–Trinajstić information content (AvgIpc) is 3.41. The van der Waals surface area contributed by atoms with Gasteiger partial charge in [0.2, 0.25) is 5.91 Å². The third kappa shape index (κ3) is 3.56. The lowest BCUT2D eigenvalue weighted by Gasteiger charge is -2.46. The van der Waals surface area contributed by atoms with Crippen molar-refractivity contribution in [2.75, 3.05) is 13.1 Å². The van der Waals surface area contributed by atoms with Crippen molar-refractivity contribution in [2.45, 2.75) is 31.5 Å². The molecule has 0 aromatic carbocycles. The van der Waals surface area contributed by atoms with Gasteiger partial charge in [-0.2, -0.15) is 11.3 Å². The summed E-state index contributed by atoms with van der Waals surface area (Å²) in [4.78, 5) is 28.3. The van der Waals surface area contributed by atoms with E-state index in [0.29, 0.717) is 6.54 Å². The van der Waals surface area contributed by atoms with Crippen LogP contribution in [0.5, 0.6) is 0 Å². The standard InChI is InChI=1S/C22H23N3O3S/c26-20-5-1-4-19-16-9-17(12-24(11-16)13-18-3-2-7-28-18)21(25(19)20)22(27)23-10-15-6-8-29-14-15/h1-8,14,16-17,21H,9-13H2,(H,23,27)/t16-,17+,21-/m1/s1. The summed E-state index contributed by atoms with van der Waals surface area (Å²) in [6, 6.07) is 10.8. The molecule has 7 heteroatoms. The number of hydrogen-bond donors (Lipinski definition) is 1. The molecule has 0 saturated carbocycles. The molecule has 1 saturated heterocycles. The number of aromatic nitrogens is 1. The van der Waals surface area contributed by atoms with E-state index in [-0.39, 0.29) is 23.3 Å². The van der Waals surface area contributed by atoms with Gasteiger partial charge >= 0.3 is 0 Å². The Bertz CT molecular complexity index is 1040. The normalized spacial score (nSPS) is 23.5. The minimum Gasteiger partial charge on any atom is -0.468 e. The summed E-state index contributed by atoms with van der Waals surface area (Å²) >= 11 is 1.61. The van der Waals surface area contributed by atoms with Gasteiger partial charge in [0.25, 0.3) is 5.56 Å². The van der Waals surface area contributed by atoms with Crippen molar-refractivity contribution < 1.29 is 9.21 Å². The number of nitrogens with zero attached hydrogens (tertiary/aromatic N) is 2. The highest BCUT2D eigenvalue weighted by Crippen LogP contribution is 2.41. The fraction of sp³-hybridized carbons (Fsp3) is 0.364. The van der Waals surface area contributed by atoms with Crippen molar-refractivity contribution in [2.24, 2.45) is 5.92 Å². The quantitative estimate of drug-likeness (QED) is 0.704. The van der Waals surface area contributed by atoms with Gasteiger partial charge in [-0.25, -0.2) is 0 Å². The summed E-state index contributed by atoms with van der Waals surface area (Å²) in [5.74, 6) is 1.19. The number of thiophene rings is 1. The van der Waals surface area contributed by atoms with Crippen LogP contribution < -0.4 is 10.9 Å². The molecule has 2 aliphatic rings. The molecule has 5 heterocycles. The van der Waals surface area contributed by atoms with Gasteiger partial charge in [0.1, 0.15) is 11.8 Å². The van der Waals surface area contributed by atoms with Crippen LogP contribution in [0, 0.1) is 5.92 Å². The van der Waals surface area contributed by atoms with Crippen LogP contribution in [0.2, 0.25) is 0 Å². The fourth-order valence-corrected chi connectivity index (χ4v) is 5.47. The Morgan fingerprint density at radius 1 is 1.21 bits per heavy atom. The number of hydrogen-bond acceptors (Lipinski definition) is 5. The number of furan rings is 1. The molecule has 0 spiro atoms. The topological polar surface area (TPSA) is 67.5 Å². The predicted molar refractivity (Wildman–Crippen MR) is 111 cm³/mol. The average molecular weight is 410 g/mol. The smallest absolute Gasteiger partial charge is 0.251 e. The molecule has 0 aliphatic carbocycles. The van der Waals surface area contributed by atoms with E-state index < -0.39 is 6.04 Å². The van der Waals surface area contributed by atoms with Crippen molar-refractivity contribution in [1.82, 2.24) is 14.8 Å². The second-order valence-electron chi connectivity index (χ2n) is 7.92. The van der Waals surface area contributed by atoms with E-state index in [2.05, 4.69) is 10.2 Å². The van der Waals surface area contributed by atoms with Gasteiger partial charge < -0.3 is 9.73 Å². The molecule has 29 heavy (non-hydrogen) atoms. The maximum Gasteiger partial charge on any atom is 0.251 e. The van der Waals surface area contributed by atoms with E-state index in [0.717, 1.165) is 43.1 Å². The summed E-state index contributed by atoms with van der Waals surface area (Å²) < 4.78 is 7.27. The van der Waals surface area contributed by atoms with Crippen molar-refractivity contribution in [3.8, 4) is 0 Å². The molecular formula is C22H23N3O3S. The van der Waals surface area contributed by atoms with Crippen molar-refractivity contribution in [3.05, 3.63) is 80.8 Å². The zero-order valence-corrected chi connectivity index (χ0v) is 16.8. The molecule has 1 fully saturated rings. The molecule has 0 radical (unpaired) electrons. The lowest BCUT2D eigenvalue weighted by molar-refractivity contribution is -0.128. The van der Waals surface area contributed by atoms with Crippen molar-refractivity contribution in [1.29, 1.82) is 0 Å². The molecule has 3 aromatic rings. The van der Waals surface area contributed by atoms with Crippen LogP contribution in [0.15, 0.2) is 62.6 Å². The minimum absolute atomic E-state index is 0.0750. The Morgan fingerprint density at radius 2 is 2.14 bits per heavy atom. The first-order valence-electron chi connectivity index (χ1n) is 9.94. The third-order valence-corrected chi connectivity index (χ3v) is 6.73. The largest absolute Gasteiger partial charge is 0.468 e. The van der Waals surface area contributed by atoms with Crippen LogP contribution in [0.3, 0.4) is 0 Å². The Balaban J connectivity index is 1.44. The predicted octanol–water partition coefficient (Wildman–Crippen LogP) is 2.98.